The lowest BCUT2D eigenvalue weighted by Crippen LogP contribution is -2.54. The van der Waals surface area contributed by atoms with Crippen molar-refractivity contribution in [2.45, 2.75) is 51.0 Å². The highest BCUT2D eigenvalue weighted by molar-refractivity contribution is 7.91. The molecule has 4 bridgehead atoms. The number of carbonyl (C=O) groups is 3. The summed E-state index contributed by atoms with van der Waals surface area (Å²) in [5.41, 5.74) is -0.319. The minimum Gasteiger partial charge on any atom is -0.454 e. The SMILES string of the molecule is O=C(COC(=O)CNC(=O)C12CC3CC(CC(C3)C1)C2)N[C@@H]1CCS(=O)(=O)C1. The lowest BCUT2D eigenvalue weighted by molar-refractivity contribution is -0.152. The van der Waals surface area contributed by atoms with Crippen LogP contribution in [0.2, 0.25) is 0 Å². The van der Waals surface area contributed by atoms with Crippen LogP contribution in [0, 0.1) is 23.2 Å². The van der Waals surface area contributed by atoms with Crippen LogP contribution in [-0.2, 0) is 29.0 Å². The Hall–Kier alpha value is -1.64. The monoisotopic (exact) mass is 412 g/mol. The van der Waals surface area contributed by atoms with E-state index in [1.165, 1.54) is 19.3 Å². The second kappa shape index (κ2) is 7.31. The zero-order chi connectivity index (χ0) is 19.9. The third-order valence-electron chi connectivity index (χ3n) is 6.87. The van der Waals surface area contributed by atoms with Gasteiger partial charge in [0.25, 0.3) is 5.91 Å². The quantitative estimate of drug-likeness (QED) is 0.600. The second-order valence-corrected chi connectivity index (χ2v) is 11.4. The van der Waals surface area contributed by atoms with Crippen molar-refractivity contribution in [1.29, 1.82) is 0 Å². The van der Waals surface area contributed by atoms with Crippen LogP contribution < -0.4 is 10.6 Å². The van der Waals surface area contributed by atoms with Gasteiger partial charge < -0.3 is 15.4 Å². The minimum atomic E-state index is -3.08. The maximum atomic E-state index is 12.8. The molecule has 156 valence electrons. The number of amides is 2. The van der Waals surface area contributed by atoms with Gasteiger partial charge in [0, 0.05) is 11.5 Å². The van der Waals surface area contributed by atoms with Crippen molar-refractivity contribution in [2.24, 2.45) is 23.2 Å². The molecule has 0 unspecified atom stereocenters. The van der Waals surface area contributed by atoms with E-state index in [-0.39, 0.29) is 29.4 Å². The number of rotatable bonds is 6. The van der Waals surface area contributed by atoms with E-state index < -0.39 is 34.4 Å². The van der Waals surface area contributed by atoms with E-state index in [9.17, 15) is 22.8 Å². The van der Waals surface area contributed by atoms with E-state index in [4.69, 9.17) is 4.74 Å². The Morgan fingerprint density at radius 1 is 1.00 bits per heavy atom. The first-order valence-corrected chi connectivity index (χ1v) is 12.0. The van der Waals surface area contributed by atoms with E-state index in [1.807, 2.05) is 0 Å². The molecule has 1 saturated heterocycles. The molecule has 0 radical (unpaired) electrons. The van der Waals surface area contributed by atoms with Gasteiger partial charge in [-0.25, -0.2) is 8.42 Å². The summed E-state index contributed by atoms with van der Waals surface area (Å²) in [6.45, 7) is -0.714. The van der Waals surface area contributed by atoms with Crippen LogP contribution in [0.1, 0.15) is 44.9 Å². The van der Waals surface area contributed by atoms with Gasteiger partial charge in [0.15, 0.2) is 16.4 Å². The fraction of sp³-hybridized carbons (Fsp3) is 0.842. The molecule has 8 nitrogen and oxygen atoms in total. The van der Waals surface area contributed by atoms with Crippen molar-refractivity contribution in [2.75, 3.05) is 24.7 Å². The lowest BCUT2D eigenvalue weighted by atomic mass is 9.49. The summed E-state index contributed by atoms with van der Waals surface area (Å²) in [4.78, 5) is 36.5. The fourth-order valence-corrected chi connectivity index (χ4v) is 7.78. The third kappa shape index (κ3) is 4.18. The van der Waals surface area contributed by atoms with E-state index in [0.717, 1.165) is 19.3 Å². The third-order valence-corrected chi connectivity index (χ3v) is 8.64. The topological polar surface area (TPSA) is 119 Å². The molecule has 5 rings (SSSR count). The summed E-state index contributed by atoms with van der Waals surface area (Å²) in [7, 11) is -3.08. The first kappa shape index (κ1) is 19.7. The van der Waals surface area contributed by atoms with Crippen LogP contribution >= 0.6 is 0 Å². The van der Waals surface area contributed by atoms with E-state index in [0.29, 0.717) is 24.2 Å². The van der Waals surface area contributed by atoms with Crippen LogP contribution in [0.15, 0.2) is 0 Å². The Bertz CT molecular complexity index is 742. The van der Waals surface area contributed by atoms with Gasteiger partial charge in [-0.15, -0.1) is 0 Å². The van der Waals surface area contributed by atoms with Gasteiger partial charge in [0.1, 0.15) is 6.54 Å². The molecule has 9 heteroatoms. The average Bonchev–Trinajstić information content (AvgIpc) is 2.95. The van der Waals surface area contributed by atoms with Crippen LogP contribution in [0.3, 0.4) is 0 Å². The average molecular weight is 413 g/mol. The highest BCUT2D eigenvalue weighted by Gasteiger charge is 2.54. The number of nitrogens with one attached hydrogen (secondary N) is 2. The predicted octanol–water partition coefficient (Wildman–Crippen LogP) is 0.166. The molecule has 1 atom stereocenters. The Morgan fingerprint density at radius 3 is 2.14 bits per heavy atom. The molecule has 4 saturated carbocycles. The maximum absolute atomic E-state index is 12.8. The number of hydrogen-bond donors (Lipinski definition) is 2. The molecule has 5 aliphatic rings. The Labute approximate surface area is 165 Å². The molecule has 28 heavy (non-hydrogen) atoms. The molecule has 2 amide bonds. The molecular formula is C19H28N2O6S. The zero-order valence-corrected chi connectivity index (χ0v) is 16.8. The van der Waals surface area contributed by atoms with Gasteiger partial charge in [-0.05, 0) is 62.7 Å². The van der Waals surface area contributed by atoms with Gasteiger partial charge in [0.05, 0.1) is 11.5 Å². The van der Waals surface area contributed by atoms with E-state index >= 15 is 0 Å². The number of carbonyl (C=O) groups excluding carboxylic acids is 3. The van der Waals surface area contributed by atoms with Crippen LogP contribution in [0.25, 0.3) is 0 Å². The predicted molar refractivity (Wildman–Crippen MR) is 99.8 cm³/mol. The number of esters is 1. The van der Waals surface area contributed by atoms with Crippen LogP contribution in [-0.4, -0.2) is 56.9 Å². The minimum absolute atomic E-state index is 0.0517. The summed E-state index contributed by atoms with van der Waals surface area (Å²) in [6.07, 6.45) is 6.87. The van der Waals surface area contributed by atoms with Crippen molar-refractivity contribution in [1.82, 2.24) is 10.6 Å². The molecule has 0 aromatic rings. The Morgan fingerprint density at radius 2 is 1.61 bits per heavy atom. The van der Waals surface area contributed by atoms with Gasteiger partial charge >= 0.3 is 5.97 Å². The summed E-state index contributed by atoms with van der Waals surface area (Å²) in [6, 6.07) is -0.424. The molecule has 0 aromatic heterocycles. The summed E-state index contributed by atoms with van der Waals surface area (Å²) in [5.74, 6) is 0.687. The number of sulfone groups is 1. The zero-order valence-electron chi connectivity index (χ0n) is 15.9. The van der Waals surface area contributed by atoms with Crippen molar-refractivity contribution in [3.8, 4) is 0 Å². The Balaban J connectivity index is 1.19. The molecule has 1 heterocycles. The first-order chi connectivity index (χ1) is 13.2. The van der Waals surface area contributed by atoms with Crippen molar-refractivity contribution < 1.29 is 27.5 Å². The van der Waals surface area contributed by atoms with Crippen LogP contribution in [0.4, 0.5) is 0 Å². The van der Waals surface area contributed by atoms with Gasteiger partial charge in [-0.1, -0.05) is 0 Å². The van der Waals surface area contributed by atoms with Crippen molar-refractivity contribution >= 4 is 27.6 Å². The highest BCUT2D eigenvalue weighted by Crippen LogP contribution is 2.60. The first-order valence-electron chi connectivity index (χ1n) is 10.2. The van der Waals surface area contributed by atoms with E-state index in [2.05, 4.69) is 10.6 Å². The molecule has 0 spiro atoms. The van der Waals surface area contributed by atoms with E-state index in [1.54, 1.807) is 0 Å². The van der Waals surface area contributed by atoms with Gasteiger partial charge in [-0.2, -0.15) is 0 Å². The summed E-state index contributed by atoms with van der Waals surface area (Å²) < 4.78 is 27.7. The highest BCUT2D eigenvalue weighted by atomic mass is 32.2. The van der Waals surface area contributed by atoms with Gasteiger partial charge in [-0.3, -0.25) is 14.4 Å². The lowest BCUT2D eigenvalue weighted by Gasteiger charge is -2.55. The van der Waals surface area contributed by atoms with Gasteiger partial charge in [0.2, 0.25) is 5.91 Å². The van der Waals surface area contributed by atoms with Crippen molar-refractivity contribution in [3.63, 3.8) is 0 Å². The molecule has 2 N–H and O–H groups in total. The standard InChI is InChI=1S/C19H28N2O6S/c22-16(21-15-1-2-28(25,26)11-15)10-27-17(23)9-20-18(24)19-6-12-3-13(7-19)5-14(4-12)8-19/h12-15H,1-11H2,(H,20,24)(H,21,22)/t12?,13?,14?,15-,19?/m1/s1. The number of hydrogen-bond acceptors (Lipinski definition) is 6. The molecule has 5 fully saturated rings. The fourth-order valence-electron chi connectivity index (χ4n) is 6.10. The smallest absolute Gasteiger partial charge is 0.325 e. The van der Waals surface area contributed by atoms with Crippen molar-refractivity contribution in [3.05, 3.63) is 0 Å². The second-order valence-electron chi connectivity index (χ2n) is 9.21. The molecule has 0 aromatic carbocycles. The van der Waals surface area contributed by atoms with Crippen LogP contribution in [0.5, 0.6) is 0 Å². The largest absolute Gasteiger partial charge is 0.454 e. The maximum Gasteiger partial charge on any atom is 0.325 e. The molecule has 1 aliphatic heterocycles. The molecule has 4 aliphatic carbocycles. The number of ether oxygens (including phenoxy) is 1. The normalized spacial score (nSPS) is 37.4. The Kier molecular flexibility index (Phi) is 5.14. The molecular weight excluding hydrogens is 384 g/mol. The summed E-state index contributed by atoms with van der Waals surface area (Å²) in [5, 5.41) is 5.28. The summed E-state index contributed by atoms with van der Waals surface area (Å²) >= 11 is 0.